The Kier molecular flexibility index (Phi) is 12.2. The first-order valence-corrected chi connectivity index (χ1v) is 6.78. The zero-order valence-corrected chi connectivity index (χ0v) is 11.6. The number of nitrogens with one attached hydrogen (secondary N) is 1. The molecule has 0 aromatic heterocycles. The molecule has 0 rings (SSSR count). The van der Waals surface area contributed by atoms with Crippen LogP contribution in [0, 0.1) is 5.53 Å². The zero-order valence-electron chi connectivity index (χ0n) is 11.6. The zero-order chi connectivity index (χ0) is 15.1. The third-order valence-electron chi connectivity index (χ3n) is 2.58. The first-order chi connectivity index (χ1) is 9.70. The van der Waals surface area contributed by atoms with Gasteiger partial charge in [-0.3, -0.25) is 9.59 Å². The van der Waals surface area contributed by atoms with Crippen LogP contribution in [0.25, 0.3) is 10.4 Å². The first kappa shape index (κ1) is 18.0. The number of azide groups is 1. The van der Waals surface area contributed by atoms with Crippen LogP contribution in [0.1, 0.15) is 51.4 Å². The molecule has 0 fully saturated rings. The van der Waals surface area contributed by atoms with Crippen molar-refractivity contribution in [3.05, 3.63) is 10.4 Å². The Morgan fingerprint density at radius 3 is 2.00 bits per heavy atom. The number of hydrogen-bond donors (Lipinski definition) is 1. The summed E-state index contributed by atoms with van der Waals surface area (Å²) >= 11 is 0. The lowest BCUT2D eigenvalue weighted by molar-refractivity contribution is -0.159. The van der Waals surface area contributed by atoms with Crippen LogP contribution in [0.3, 0.4) is 0 Å². The number of ether oxygens (including phenoxy) is 1. The van der Waals surface area contributed by atoms with Gasteiger partial charge in [-0.2, -0.15) is 5.11 Å². The van der Waals surface area contributed by atoms with Gasteiger partial charge in [0.2, 0.25) is 0 Å². The maximum atomic E-state index is 11.3. The number of rotatable bonds is 12. The summed E-state index contributed by atoms with van der Waals surface area (Å²) in [6.45, 7) is 0.902. The smallest absolute Gasteiger partial charge is 0.313 e. The van der Waals surface area contributed by atoms with E-state index in [1.54, 1.807) is 0 Å². The second-order valence-electron chi connectivity index (χ2n) is 4.30. The molecular weight excluding hydrogens is 262 g/mol. The molecule has 8 nitrogen and oxygen atoms in total. The van der Waals surface area contributed by atoms with Gasteiger partial charge in [-0.15, -0.1) is 0 Å². The summed E-state index contributed by atoms with van der Waals surface area (Å²) in [5.74, 6) is -0.994. The van der Waals surface area contributed by atoms with Gasteiger partial charge in [-0.05, 0) is 31.2 Å². The molecule has 20 heavy (non-hydrogen) atoms. The van der Waals surface area contributed by atoms with Gasteiger partial charge in [-0.1, -0.05) is 18.0 Å². The Bertz CT molecular complexity index is 353. The second kappa shape index (κ2) is 13.5. The molecular formula is C12H21N5O3. The van der Waals surface area contributed by atoms with Crippen LogP contribution >= 0.6 is 0 Å². The predicted molar refractivity (Wildman–Crippen MR) is 72.1 cm³/mol. The van der Waals surface area contributed by atoms with Gasteiger partial charge in [0.05, 0.1) is 6.54 Å². The van der Waals surface area contributed by atoms with Crippen molar-refractivity contribution in [2.24, 2.45) is 10.2 Å². The Hall–Kier alpha value is -1.95. The molecule has 0 atom stereocenters. The lowest BCUT2D eigenvalue weighted by Crippen LogP contribution is -2.11. The highest BCUT2D eigenvalue weighted by Crippen LogP contribution is 2.05. The van der Waals surface area contributed by atoms with Gasteiger partial charge in [0.25, 0.3) is 0 Å². The molecule has 0 bridgehead atoms. The Morgan fingerprint density at radius 2 is 1.50 bits per heavy atom. The maximum absolute atomic E-state index is 11.3. The molecule has 0 aliphatic rings. The SMILES string of the molecule is [N-]=[N+]=NCCCCCC(=O)OC(=O)CCCCCN=N. The van der Waals surface area contributed by atoms with Crippen molar-refractivity contribution in [1.29, 1.82) is 5.53 Å². The van der Waals surface area contributed by atoms with Crippen LogP contribution in [0.15, 0.2) is 10.2 Å². The summed E-state index contributed by atoms with van der Waals surface area (Å²) in [6, 6.07) is 0. The van der Waals surface area contributed by atoms with E-state index in [0.29, 0.717) is 25.9 Å². The molecule has 0 heterocycles. The molecule has 0 amide bonds. The molecule has 0 aromatic rings. The number of carbonyl (C=O) groups excluding carboxylic acids is 2. The van der Waals surface area contributed by atoms with Crippen molar-refractivity contribution in [1.82, 2.24) is 0 Å². The fraction of sp³-hybridized carbons (Fsp3) is 0.833. The van der Waals surface area contributed by atoms with Crippen molar-refractivity contribution in [2.45, 2.75) is 51.4 Å². The van der Waals surface area contributed by atoms with E-state index in [1.165, 1.54) is 0 Å². The van der Waals surface area contributed by atoms with Gasteiger partial charge >= 0.3 is 11.9 Å². The second-order valence-corrected chi connectivity index (χ2v) is 4.30. The summed E-state index contributed by atoms with van der Waals surface area (Å²) in [4.78, 5) is 25.2. The molecule has 0 aliphatic heterocycles. The highest BCUT2D eigenvalue weighted by atomic mass is 16.6. The van der Waals surface area contributed by atoms with Crippen molar-refractivity contribution < 1.29 is 14.3 Å². The molecule has 112 valence electrons. The molecule has 0 radical (unpaired) electrons. The van der Waals surface area contributed by atoms with Gasteiger partial charge in [0, 0.05) is 24.3 Å². The van der Waals surface area contributed by atoms with Crippen LogP contribution < -0.4 is 0 Å². The van der Waals surface area contributed by atoms with Crippen LogP contribution in [-0.4, -0.2) is 25.0 Å². The Morgan fingerprint density at radius 1 is 0.950 bits per heavy atom. The van der Waals surface area contributed by atoms with Crippen molar-refractivity contribution >= 4 is 11.9 Å². The minimum absolute atomic E-state index is 0.208. The van der Waals surface area contributed by atoms with E-state index in [2.05, 4.69) is 19.9 Å². The number of hydrogen-bond acceptors (Lipinski definition) is 6. The highest BCUT2D eigenvalue weighted by Gasteiger charge is 2.09. The monoisotopic (exact) mass is 283 g/mol. The molecule has 0 unspecified atom stereocenters. The number of carbonyl (C=O) groups is 2. The molecule has 0 aromatic carbocycles. The normalized spacial score (nSPS) is 9.60. The van der Waals surface area contributed by atoms with Gasteiger partial charge in [-0.25, -0.2) is 5.53 Å². The van der Waals surface area contributed by atoms with E-state index in [4.69, 9.17) is 11.1 Å². The summed E-state index contributed by atoms with van der Waals surface area (Å²) < 4.78 is 4.66. The van der Waals surface area contributed by atoms with Crippen LogP contribution in [0.2, 0.25) is 0 Å². The summed E-state index contributed by atoms with van der Waals surface area (Å²) in [5.41, 5.74) is 14.7. The third-order valence-corrected chi connectivity index (χ3v) is 2.58. The number of nitrogens with zero attached hydrogens (tertiary/aromatic N) is 4. The fourth-order valence-electron chi connectivity index (χ4n) is 1.54. The molecule has 8 heteroatoms. The van der Waals surface area contributed by atoms with Gasteiger partial charge < -0.3 is 4.74 Å². The van der Waals surface area contributed by atoms with Gasteiger partial charge in [0.1, 0.15) is 0 Å². The molecule has 0 saturated heterocycles. The highest BCUT2D eigenvalue weighted by molar-refractivity contribution is 5.85. The number of esters is 2. The van der Waals surface area contributed by atoms with Crippen LogP contribution in [0.5, 0.6) is 0 Å². The summed E-state index contributed by atoms with van der Waals surface area (Å²) in [6.07, 6.45) is 4.76. The predicted octanol–water partition coefficient (Wildman–Crippen LogP) is 3.52. The molecule has 0 aliphatic carbocycles. The molecule has 0 saturated carbocycles. The van der Waals surface area contributed by atoms with Gasteiger partial charge in [0.15, 0.2) is 0 Å². The topological polar surface area (TPSA) is 128 Å². The van der Waals surface area contributed by atoms with Crippen molar-refractivity contribution in [2.75, 3.05) is 13.1 Å². The maximum Gasteiger partial charge on any atom is 0.313 e. The Labute approximate surface area is 118 Å². The van der Waals surface area contributed by atoms with E-state index < -0.39 is 11.9 Å². The quantitative estimate of drug-likeness (QED) is 0.147. The summed E-state index contributed by atoms with van der Waals surface area (Å²) in [5, 5.41) is 6.60. The van der Waals surface area contributed by atoms with Crippen molar-refractivity contribution in [3.8, 4) is 0 Å². The molecule has 1 N–H and O–H groups in total. The minimum Gasteiger partial charge on any atom is -0.393 e. The fourth-order valence-corrected chi connectivity index (χ4v) is 1.54. The Balaban J connectivity index is 3.47. The van der Waals surface area contributed by atoms with E-state index >= 15 is 0 Å². The average molecular weight is 283 g/mol. The number of unbranched alkanes of at least 4 members (excludes halogenated alkanes) is 4. The van der Waals surface area contributed by atoms with E-state index in [-0.39, 0.29) is 12.8 Å². The van der Waals surface area contributed by atoms with Crippen molar-refractivity contribution in [3.63, 3.8) is 0 Å². The largest absolute Gasteiger partial charge is 0.393 e. The summed E-state index contributed by atoms with van der Waals surface area (Å²) in [7, 11) is 0. The minimum atomic E-state index is -0.500. The average Bonchev–Trinajstić information content (AvgIpc) is 2.42. The third kappa shape index (κ3) is 12.5. The lowest BCUT2D eigenvalue weighted by atomic mass is 10.2. The standard InChI is InChI=1S/C12H21N5O3/c13-15-9-5-1-3-7-11(18)20-12(19)8-4-2-6-10-16-17-14/h13H,1-10H2. The van der Waals surface area contributed by atoms with E-state index in [9.17, 15) is 9.59 Å². The molecule has 0 spiro atoms. The van der Waals surface area contributed by atoms with E-state index in [0.717, 1.165) is 25.7 Å². The van der Waals surface area contributed by atoms with Crippen LogP contribution in [0.4, 0.5) is 0 Å². The first-order valence-electron chi connectivity index (χ1n) is 6.78. The lowest BCUT2D eigenvalue weighted by Gasteiger charge is -2.02. The van der Waals surface area contributed by atoms with E-state index in [1.807, 2.05) is 0 Å². The van der Waals surface area contributed by atoms with Crippen LogP contribution in [-0.2, 0) is 14.3 Å².